The third-order valence-corrected chi connectivity index (χ3v) is 7.75. The summed E-state index contributed by atoms with van der Waals surface area (Å²) < 4.78 is 5.40. The van der Waals surface area contributed by atoms with E-state index in [1.165, 1.54) is 21.8 Å². The zero-order chi connectivity index (χ0) is 25.1. The van der Waals surface area contributed by atoms with E-state index in [0.717, 1.165) is 49.0 Å². The van der Waals surface area contributed by atoms with Crippen LogP contribution in [-0.4, -0.2) is 72.3 Å². The number of morpholine rings is 1. The van der Waals surface area contributed by atoms with Gasteiger partial charge in [-0.3, -0.25) is 29.4 Å². The Balaban J connectivity index is 1.12. The summed E-state index contributed by atoms with van der Waals surface area (Å²) >= 11 is 1.43. The van der Waals surface area contributed by atoms with E-state index < -0.39 is 11.9 Å². The summed E-state index contributed by atoms with van der Waals surface area (Å²) in [6.45, 7) is 4.96. The molecule has 190 valence electrons. The molecule has 1 aromatic carbocycles. The third kappa shape index (κ3) is 5.43. The molecule has 1 atom stereocenters. The molecule has 1 unspecified atom stereocenters. The van der Waals surface area contributed by atoms with Crippen molar-refractivity contribution in [1.82, 2.24) is 20.4 Å². The van der Waals surface area contributed by atoms with Gasteiger partial charge >= 0.3 is 0 Å². The van der Waals surface area contributed by atoms with E-state index >= 15 is 0 Å². The molecule has 4 amide bonds. The molecule has 1 aromatic heterocycles. The summed E-state index contributed by atoms with van der Waals surface area (Å²) in [5.41, 5.74) is 3.49. The highest BCUT2D eigenvalue weighted by molar-refractivity contribution is 7.10. The molecule has 5 rings (SSSR count). The Morgan fingerprint density at radius 2 is 2.03 bits per heavy atom. The molecule has 0 bridgehead atoms. The van der Waals surface area contributed by atoms with E-state index in [1.807, 2.05) is 12.1 Å². The van der Waals surface area contributed by atoms with Crippen molar-refractivity contribution in [3.05, 3.63) is 51.2 Å². The van der Waals surface area contributed by atoms with Gasteiger partial charge in [0.25, 0.3) is 5.91 Å². The monoisotopic (exact) mass is 511 g/mol. The fourth-order valence-corrected chi connectivity index (χ4v) is 5.75. The highest BCUT2D eigenvalue weighted by atomic mass is 32.1. The second kappa shape index (κ2) is 10.8. The largest absolute Gasteiger partial charge is 0.379 e. The summed E-state index contributed by atoms with van der Waals surface area (Å²) in [5, 5.41) is 10.2. The maximum absolute atomic E-state index is 12.8. The van der Waals surface area contributed by atoms with Gasteiger partial charge < -0.3 is 20.3 Å². The summed E-state index contributed by atoms with van der Waals surface area (Å²) in [4.78, 5) is 53.8. The van der Waals surface area contributed by atoms with Crippen molar-refractivity contribution in [2.75, 3.05) is 38.2 Å². The van der Waals surface area contributed by atoms with Crippen LogP contribution in [0.3, 0.4) is 0 Å². The summed E-state index contributed by atoms with van der Waals surface area (Å²) in [5.74, 6) is -1.09. The highest BCUT2D eigenvalue weighted by Gasteiger charge is 2.40. The van der Waals surface area contributed by atoms with E-state index in [-0.39, 0.29) is 30.7 Å². The van der Waals surface area contributed by atoms with E-state index in [0.29, 0.717) is 25.1 Å². The lowest BCUT2D eigenvalue weighted by Crippen LogP contribution is -2.52. The molecule has 11 heteroatoms. The van der Waals surface area contributed by atoms with E-state index in [9.17, 15) is 19.2 Å². The van der Waals surface area contributed by atoms with Gasteiger partial charge in [-0.05, 0) is 29.7 Å². The van der Waals surface area contributed by atoms with Gasteiger partial charge in [0.1, 0.15) is 6.04 Å². The molecule has 3 aliphatic rings. The maximum Gasteiger partial charge on any atom is 0.256 e. The average Bonchev–Trinajstić information content (AvgIpc) is 3.42. The molecule has 0 aliphatic carbocycles. The van der Waals surface area contributed by atoms with E-state index in [2.05, 4.69) is 33.0 Å². The van der Waals surface area contributed by atoms with Crippen molar-refractivity contribution in [2.24, 2.45) is 0 Å². The number of ether oxygens (including phenoxy) is 1. The molecule has 10 nitrogen and oxygen atoms in total. The number of imide groups is 1. The number of carbonyl (C=O) groups is 4. The van der Waals surface area contributed by atoms with E-state index in [1.54, 1.807) is 5.38 Å². The molecule has 0 spiro atoms. The van der Waals surface area contributed by atoms with E-state index in [4.69, 9.17) is 4.74 Å². The van der Waals surface area contributed by atoms with Crippen molar-refractivity contribution in [3.63, 3.8) is 0 Å². The number of benzene rings is 1. The molecule has 0 saturated carbocycles. The van der Waals surface area contributed by atoms with Crippen LogP contribution in [0.15, 0.2) is 29.6 Å². The minimum Gasteiger partial charge on any atom is -0.379 e. The number of piperidine rings is 1. The van der Waals surface area contributed by atoms with Crippen molar-refractivity contribution in [2.45, 2.75) is 38.5 Å². The number of hydrogen-bond acceptors (Lipinski definition) is 8. The van der Waals surface area contributed by atoms with Crippen LogP contribution < -0.4 is 16.0 Å². The summed E-state index contributed by atoms with van der Waals surface area (Å²) in [6.07, 6.45) is 0.550. The quantitative estimate of drug-likeness (QED) is 0.454. The normalized spacial score (nSPS) is 20.3. The molecule has 36 heavy (non-hydrogen) atoms. The first-order chi connectivity index (χ1) is 17.5. The van der Waals surface area contributed by atoms with Gasteiger partial charge in [-0.2, -0.15) is 0 Å². The number of rotatable bonds is 8. The smallest absolute Gasteiger partial charge is 0.256 e. The van der Waals surface area contributed by atoms with Crippen LogP contribution in [0.1, 0.15) is 39.2 Å². The first kappa shape index (κ1) is 24.4. The Hall–Kier alpha value is -3.28. The zero-order valence-electron chi connectivity index (χ0n) is 19.9. The molecule has 2 saturated heterocycles. The van der Waals surface area contributed by atoms with Gasteiger partial charge in [0.2, 0.25) is 17.7 Å². The van der Waals surface area contributed by atoms with Crippen LogP contribution in [0.4, 0.5) is 5.69 Å². The standard InChI is InChI=1S/C25H29N5O5S/c31-22-5-4-20(24(33)28-22)30-14-18-19(25(30)34)15-36-21(18)11-27-23(32)12-26-17-3-1-2-16(10-17)13-29-6-8-35-9-7-29/h1-3,10,15,20,26H,4-9,11-14H2,(H,27,32)(H,28,31,33). The number of nitrogens with zero attached hydrogens (tertiary/aromatic N) is 2. The van der Waals surface area contributed by atoms with Gasteiger partial charge in [0.15, 0.2) is 0 Å². The van der Waals surface area contributed by atoms with Crippen LogP contribution in [0.2, 0.25) is 0 Å². The maximum atomic E-state index is 12.8. The highest BCUT2D eigenvalue weighted by Crippen LogP contribution is 2.33. The fourth-order valence-electron chi connectivity index (χ4n) is 4.77. The zero-order valence-corrected chi connectivity index (χ0v) is 20.7. The minimum absolute atomic E-state index is 0.135. The minimum atomic E-state index is -0.641. The first-order valence-corrected chi connectivity index (χ1v) is 13.0. The van der Waals surface area contributed by atoms with Crippen molar-refractivity contribution in [1.29, 1.82) is 0 Å². The summed E-state index contributed by atoms with van der Waals surface area (Å²) in [7, 11) is 0. The van der Waals surface area contributed by atoms with Crippen LogP contribution in [0.5, 0.6) is 0 Å². The van der Waals surface area contributed by atoms with Gasteiger partial charge in [-0.25, -0.2) is 0 Å². The molecule has 3 aliphatic heterocycles. The van der Waals surface area contributed by atoms with Gasteiger partial charge in [-0.15, -0.1) is 11.3 Å². The number of amides is 4. The molecule has 2 aromatic rings. The lowest BCUT2D eigenvalue weighted by molar-refractivity contribution is -0.137. The van der Waals surface area contributed by atoms with Gasteiger partial charge in [0, 0.05) is 48.5 Å². The number of anilines is 1. The Morgan fingerprint density at radius 3 is 2.83 bits per heavy atom. The van der Waals surface area contributed by atoms with Crippen molar-refractivity contribution >= 4 is 40.7 Å². The molecular formula is C25H29N5O5S. The second-order valence-corrected chi connectivity index (χ2v) is 10.1. The summed E-state index contributed by atoms with van der Waals surface area (Å²) in [6, 6.07) is 7.42. The number of nitrogens with one attached hydrogen (secondary N) is 3. The Bertz CT molecular complexity index is 1180. The van der Waals surface area contributed by atoms with Crippen molar-refractivity contribution in [3.8, 4) is 0 Å². The number of fused-ring (bicyclic) bond motifs is 1. The predicted molar refractivity (Wildman–Crippen MR) is 133 cm³/mol. The second-order valence-electron chi connectivity index (χ2n) is 9.17. The Kier molecular flexibility index (Phi) is 7.30. The third-order valence-electron chi connectivity index (χ3n) is 6.72. The van der Waals surface area contributed by atoms with Gasteiger partial charge in [0.05, 0.1) is 31.9 Å². The van der Waals surface area contributed by atoms with Gasteiger partial charge in [-0.1, -0.05) is 12.1 Å². The molecule has 4 heterocycles. The topological polar surface area (TPSA) is 120 Å². The van der Waals surface area contributed by atoms with Crippen LogP contribution >= 0.6 is 11.3 Å². The molecule has 3 N–H and O–H groups in total. The van der Waals surface area contributed by atoms with Crippen LogP contribution in [0.25, 0.3) is 0 Å². The number of carbonyl (C=O) groups excluding carboxylic acids is 4. The molecule has 2 fully saturated rings. The Morgan fingerprint density at radius 1 is 1.19 bits per heavy atom. The lowest BCUT2D eigenvalue weighted by Gasteiger charge is -2.29. The van der Waals surface area contributed by atoms with Crippen LogP contribution in [0, 0.1) is 0 Å². The fraction of sp³-hybridized carbons (Fsp3) is 0.440. The van der Waals surface area contributed by atoms with Crippen molar-refractivity contribution < 1.29 is 23.9 Å². The Labute approximate surface area is 213 Å². The number of thiophene rings is 1. The first-order valence-electron chi connectivity index (χ1n) is 12.1. The number of hydrogen-bond donors (Lipinski definition) is 3. The van der Waals surface area contributed by atoms with Crippen LogP contribution in [-0.2, 0) is 38.8 Å². The lowest BCUT2D eigenvalue weighted by atomic mass is 10.0. The molecule has 0 radical (unpaired) electrons. The SMILES string of the molecule is O=C(CNc1cccc(CN2CCOCC2)c1)NCc1scc2c1CN(C1CCC(=O)NC1=O)C2=O. The molecular weight excluding hydrogens is 482 g/mol. The predicted octanol–water partition coefficient (Wildman–Crippen LogP) is 1.07. The average molecular weight is 512 g/mol.